The van der Waals surface area contributed by atoms with Crippen LogP contribution >= 0.6 is 0 Å². The van der Waals surface area contributed by atoms with Gasteiger partial charge in [0.15, 0.2) is 0 Å². The number of nitrogens with one attached hydrogen (secondary N) is 2. The second-order valence-corrected chi connectivity index (χ2v) is 8.21. The smallest absolute Gasteiger partial charge is 0.253 e. The van der Waals surface area contributed by atoms with Gasteiger partial charge >= 0.3 is 0 Å². The number of benzene rings is 2. The van der Waals surface area contributed by atoms with Crippen LogP contribution in [0.1, 0.15) is 54.4 Å². The van der Waals surface area contributed by atoms with E-state index in [0.717, 1.165) is 50.1 Å². The molecule has 0 spiro atoms. The first-order valence-electron chi connectivity index (χ1n) is 10.8. The predicted octanol–water partition coefficient (Wildman–Crippen LogP) is 4.48. The first kappa shape index (κ1) is 20.4. The Hall–Kier alpha value is -2.89. The van der Waals surface area contributed by atoms with Crippen LogP contribution < -0.4 is 15.5 Å². The third-order valence-corrected chi connectivity index (χ3v) is 5.75. The minimum Gasteiger partial charge on any atom is -0.371 e. The Morgan fingerprint density at radius 1 is 1.00 bits per heavy atom. The van der Waals surface area contributed by atoms with Gasteiger partial charge in [0.05, 0.1) is 11.3 Å². The zero-order valence-electron chi connectivity index (χ0n) is 17.1. The van der Waals surface area contributed by atoms with Crippen molar-refractivity contribution < 1.29 is 14.0 Å². The van der Waals surface area contributed by atoms with Crippen molar-refractivity contribution in [1.82, 2.24) is 5.32 Å². The topological polar surface area (TPSA) is 61.4 Å². The fraction of sp³-hybridized carbons (Fsp3) is 0.417. The molecule has 2 fully saturated rings. The summed E-state index contributed by atoms with van der Waals surface area (Å²) >= 11 is 0. The molecule has 0 radical (unpaired) electrons. The van der Waals surface area contributed by atoms with Crippen molar-refractivity contribution in [3.63, 3.8) is 0 Å². The second-order valence-electron chi connectivity index (χ2n) is 8.21. The van der Waals surface area contributed by atoms with E-state index in [1.807, 2.05) is 6.07 Å². The van der Waals surface area contributed by atoms with Gasteiger partial charge in [-0.2, -0.15) is 0 Å². The number of halogens is 1. The Kier molecular flexibility index (Phi) is 6.31. The van der Waals surface area contributed by atoms with Crippen LogP contribution in [0.15, 0.2) is 42.5 Å². The first-order chi connectivity index (χ1) is 14.6. The number of carbonyl (C=O) groups is 2. The third-order valence-electron chi connectivity index (χ3n) is 5.75. The molecule has 2 aromatic carbocycles. The highest BCUT2D eigenvalue weighted by Crippen LogP contribution is 2.32. The van der Waals surface area contributed by atoms with Gasteiger partial charge in [0.2, 0.25) is 5.91 Å². The monoisotopic (exact) mass is 409 g/mol. The van der Waals surface area contributed by atoms with E-state index in [0.29, 0.717) is 11.1 Å². The standard InChI is InChI=1S/C24H28FN3O2/c25-19-7-5-6-17(14-19)16-26-24(30)21-11-10-20(27-23(29)18-8-9-18)15-22(21)28-12-3-1-2-4-13-28/h5-7,10-11,14-15,18H,1-4,8-9,12-13,16H2,(H,26,30)(H,27,29). The van der Waals surface area contributed by atoms with E-state index in [9.17, 15) is 14.0 Å². The molecule has 1 saturated carbocycles. The molecule has 6 heteroatoms. The van der Waals surface area contributed by atoms with E-state index in [4.69, 9.17) is 0 Å². The lowest BCUT2D eigenvalue weighted by atomic mass is 10.1. The van der Waals surface area contributed by atoms with E-state index in [1.165, 1.54) is 25.0 Å². The Balaban J connectivity index is 1.54. The number of rotatable bonds is 6. The van der Waals surface area contributed by atoms with Crippen LogP contribution in [-0.4, -0.2) is 24.9 Å². The number of carbonyl (C=O) groups excluding carboxylic acids is 2. The largest absolute Gasteiger partial charge is 0.371 e. The maximum absolute atomic E-state index is 13.4. The summed E-state index contributed by atoms with van der Waals surface area (Å²) in [5.74, 6) is -0.331. The Bertz CT molecular complexity index is 918. The zero-order chi connectivity index (χ0) is 20.9. The molecular weight excluding hydrogens is 381 g/mol. The van der Waals surface area contributed by atoms with Crippen molar-refractivity contribution in [3.8, 4) is 0 Å². The van der Waals surface area contributed by atoms with Gasteiger partial charge in [0, 0.05) is 31.2 Å². The molecule has 1 aliphatic carbocycles. The van der Waals surface area contributed by atoms with E-state index in [-0.39, 0.29) is 30.1 Å². The molecule has 0 atom stereocenters. The lowest BCUT2D eigenvalue weighted by Crippen LogP contribution is -2.29. The quantitative estimate of drug-likeness (QED) is 0.739. The van der Waals surface area contributed by atoms with Gasteiger partial charge in [0.25, 0.3) is 5.91 Å². The Morgan fingerprint density at radius 3 is 2.47 bits per heavy atom. The molecule has 1 aliphatic heterocycles. The number of hydrogen-bond acceptors (Lipinski definition) is 3. The molecule has 2 aliphatic rings. The molecule has 0 bridgehead atoms. The van der Waals surface area contributed by atoms with Gasteiger partial charge in [-0.15, -0.1) is 0 Å². The molecule has 0 aromatic heterocycles. The molecule has 30 heavy (non-hydrogen) atoms. The summed E-state index contributed by atoms with van der Waals surface area (Å²) in [6.45, 7) is 2.05. The molecule has 5 nitrogen and oxygen atoms in total. The summed E-state index contributed by atoms with van der Waals surface area (Å²) in [6, 6.07) is 11.7. The summed E-state index contributed by atoms with van der Waals surface area (Å²) < 4.78 is 13.4. The fourth-order valence-electron chi connectivity index (χ4n) is 3.89. The van der Waals surface area contributed by atoms with Crippen molar-refractivity contribution in [2.75, 3.05) is 23.3 Å². The normalized spacial score (nSPS) is 16.6. The number of anilines is 2. The molecule has 0 unspecified atom stereocenters. The SMILES string of the molecule is O=C(NCc1cccc(F)c1)c1ccc(NC(=O)C2CC2)cc1N1CCCCCC1. The molecule has 4 rings (SSSR count). The average molecular weight is 410 g/mol. The van der Waals surface area contributed by atoms with Crippen LogP contribution in [0.5, 0.6) is 0 Å². The van der Waals surface area contributed by atoms with Gasteiger partial charge in [0.1, 0.15) is 5.82 Å². The van der Waals surface area contributed by atoms with E-state index in [2.05, 4.69) is 15.5 Å². The Morgan fingerprint density at radius 2 is 1.77 bits per heavy atom. The van der Waals surface area contributed by atoms with Crippen molar-refractivity contribution in [3.05, 3.63) is 59.4 Å². The average Bonchev–Trinajstić information content (AvgIpc) is 3.59. The minimum absolute atomic E-state index is 0.0557. The van der Waals surface area contributed by atoms with Crippen LogP contribution in [0.2, 0.25) is 0 Å². The zero-order valence-corrected chi connectivity index (χ0v) is 17.1. The molecule has 1 heterocycles. The molecule has 1 saturated heterocycles. The lowest BCUT2D eigenvalue weighted by molar-refractivity contribution is -0.117. The third kappa shape index (κ3) is 5.17. The van der Waals surface area contributed by atoms with Crippen molar-refractivity contribution in [2.45, 2.75) is 45.1 Å². The number of nitrogens with zero attached hydrogens (tertiary/aromatic N) is 1. The van der Waals surface area contributed by atoms with Crippen LogP contribution in [0.3, 0.4) is 0 Å². The maximum Gasteiger partial charge on any atom is 0.253 e. The lowest BCUT2D eigenvalue weighted by Gasteiger charge is -2.26. The van der Waals surface area contributed by atoms with Crippen molar-refractivity contribution in [2.24, 2.45) is 5.92 Å². The van der Waals surface area contributed by atoms with Gasteiger partial charge in [-0.05, 0) is 61.6 Å². The predicted molar refractivity (Wildman–Crippen MR) is 116 cm³/mol. The summed E-state index contributed by atoms with van der Waals surface area (Å²) in [5, 5.41) is 5.90. The molecule has 2 N–H and O–H groups in total. The van der Waals surface area contributed by atoms with Crippen molar-refractivity contribution in [1.29, 1.82) is 0 Å². The van der Waals surface area contributed by atoms with Crippen LogP contribution in [0, 0.1) is 11.7 Å². The highest BCUT2D eigenvalue weighted by atomic mass is 19.1. The fourth-order valence-corrected chi connectivity index (χ4v) is 3.89. The number of hydrogen-bond donors (Lipinski definition) is 2. The summed E-state index contributed by atoms with van der Waals surface area (Å²) in [5.41, 5.74) is 2.88. The Labute approximate surface area is 176 Å². The maximum atomic E-state index is 13.4. The van der Waals surface area contributed by atoms with Gasteiger partial charge in [-0.25, -0.2) is 4.39 Å². The van der Waals surface area contributed by atoms with E-state index in [1.54, 1.807) is 24.3 Å². The number of amides is 2. The van der Waals surface area contributed by atoms with E-state index < -0.39 is 0 Å². The molecule has 158 valence electrons. The molecule has 2 aromatic rings. The highest BCUT2D eigenvalue weighted by Gasteiger charge is 2.30. The van der Waals surface area contributed by atoms with Gasteiger partial charge < -0.3 is 15.5 Å². The minimum atomic E-state index is -0.317. The molecular formula is C24H28FN3O2. The summed E-state index contributed by atoms with van der Waals surface area (Å²) in [4.78, 5) is 27.4. The first-order valence-corrected chi connectivity index (χ1v) is 10.8. The van der Waals surface area contributed by atoms with Crippen LogP contribution in [-0.2, 0) is 11.3 Å². The molecule has 2 amide bonds. The van der Waals surface area contributed by atoms with Gasteiger partial charge in [-0.3, -0.25) is 9.59 Å². The van der Waals surface area contributed by atoms with E-state index >= 15 is 0 Å². The summed E-state index contributed by atoms with van der Waals surface area (Å²) in [7, 11) is 0. The highest BCUT2D eigenvalue weighted by molar-refractivity contribution is 6.02. The van der Waals surface area contributed by atoms with Crippen LogP contribution in [0.4, 0.5) is 15.8 Å². The second kappa shape index (κ2) is 9.28. The van der Waals surface area contributed by atoms with Gasteiger partial charge in [-0.1, -0.05) is 25.0 Å². The van der Waals surface area contributed by atoms with Crippen molar-refractivity contribution >= 4 is 23.2 Å². The van der Waals surface area contributed by atoms with Crippen LogP contribution in [0.25, 0.3) is 0 Å². The summed E-state index contributed by atoms with van der Waals surface area (Å²) in [6.07, 6.45) is 6.45.